The molecule has 6 nitrogen and oxygen atoms in total. The van der Waals surface area contributed by atoms with Gasteiger partial charge in [0, 0.05) is 23.4 Å². The lowest BCUT2D eigenvalue weighted by Gasteiger charge is -2.39. The number of Topliss-reactive ketones (excluding diaryl/α,β-unsaturated/α-hetero) is 1. The average molecular weight is 502 g/mol. The zero-order valence-electron chi connectivity index (χ0n) is 21.1. The van der Waals surface area contributed by atoms with Crippen molar-refractivity contribution in [2.24, 2.45) is 5.41 Å². The lowest BCUT2D eigenvalue weighted by molar-refractivity contribution is -0.118. The Bertz CT molecular complexity index is 1270. The highest BCUT2D eigenvalue weighted by molar-refractivity contribution is 8.03. The van der Waals surface area contributed by atoms with Crippen LogP contribution >= 0.6 is 11.8 Å². The Balaban J connectivity index is 1.62. The van der Waals surface area contributed by atoms with Crippen LogP contribution in [0.2, 0.25) is 0 Å². The Kier molecular flexibility index (Phi) is 7.56. The predicted molar refractivity (Wildman–Crippen MR) is 143 cm³/mol. The number of allylic oxidation sites excluding steroid dienone is 3. The van der Waals surface area contributed by atoms with Gasteiger partial charge in [0.1, 0.15) is 5.75 Å². The lowest BCUT2D eigenvalue weighted by atomic mass is 9.69. The Morgan fingerprint density at radius 1 is 1.17 bits per heavy atom. The van der Waals surface area contributed by atoms with Crippen LogP contribution < -0.4 is 15.4 Å². The van der Waals surface area contributed by atoms with Gasteiger partial charge in [-0.15, -0.1) is 0 Å². The van der Waals surface area contributed by atoms with Crippen LogP contribution in [0.3, 0.4) is 0 Å². The first-order valence-corrected chi connectivity index (χ1v) is 13.1. The van der Waals surface area contributed by atoms with Crippen LogP contribution in [0.1, 0.15) is 50.7 Å². The second kappa shape index (κ2) is 10.6. The van der Waals surface area contributed by atoms with Gasteiger partial charge in [-0.1, -0.05) is 56.8 Å². The fourth-order valence-electron chi connectivity index (χ4n) is 4.78. The third-order valence-electron chi connectivity index (χ3n) is 6.57. The van der Waals surface area contributed by atoms with Gasteiger partial charge in [0.15, 0.2) is 5.78 Å². The highest BCUT2D eigenvalue weighted by Crippen LogP contribution is 2.48. The van der Waals surface area contributed by atoms with Crippen molar-refractivity contribution in [3.8, 4) is 11.8 Å². The molecule has 2 aromatic rings. The van der Waals surface area contributed by atoms with Gasteiger partial charge in [0.2, 0.25) is 5.91 Å². The van der Waals surface area contributed by atoms with Gasteiger partial charge >= 0.3 is 0 Å². The number of hydrogen-bond acceptors (Lipinski definition) is 6. The number of methoxy groups -OCH3 is 1. The lowest BCUT2D eigenvalue weighted by Crippen LogP contribution is -2.37. The highest BCUT2D eigenvalue weighted by Gasteiger charge is 2.42. The second-order valence-corrected chi connectivity index (χ2v) is 10.9. The molecule has 0 radical (unpaired) electrons. The Morgan fingerprint density at radius 2 is 1.86 bits per heavy atom. The summed E-state index contributed by atoms with van der Waals surface area (Å²) >= 11 is 1.29. The highest BCUT2D eigenvalue weighted by atomic mass is 32.2. The number of nitriles is 1. The van der Waals surface area contributed by atoms with Crippen molar-refractivity contribution < 1.29 is 14.3 Å². The first-order valence-electron chi connectivity index (χ1n) is 12.1. The Hall–Kier alpha value is -3.50. The molecular weight excluding hydrogens is 470 g/mol. The number of anilines is 1. The van der Waals surface area contributed by atoms with Crippen molar-refractivity contribution in [3.05, 3.63) is 81.5 Å². The van der Waals surface area contributed by atoms with Crippen molar-refractivity contribution in [3.63, 3.8) is 0 Å². The fraction of sp³-hybridized carbons (Fsp3) is 0.345. The maximum atomic E-state index is 13.3. The van der Waals surface area contributed by atoms with Gasteiger partial charge in [0.25, 0.3) is 0 Å². The summed E-state index contributed by atoms with van der Waals surface area (Å²) in [5.41, 5.74) is 4.57. The number of carbonyl (C=O) groups excluding carboxylic acids is 2. The molecule has 4 rings (SSSR count). The number of ketones is 1. The molecule has 1 heterocycles. The molecule has 0 bridgehead atoms. The molecule has 0 aromatic heterocycles. The molecule has 7 heteroatoms. The molecule has 2 aromatic carbocycles. The summed E-state index contributed by atoms with van der Waals surface area (Å²) < 4.78 is 5.30. The van der Waals surface area contributed by atoms with Crippen molar-refractivity contribution >= 4 is 29.1 Å². The third-order valence-corrected chi connectivity index (χ3v) is 7.59. The van der Waals surface area contributed by atoms with Crippen LogP contribution in [0.25, 0.3) is 0 Å². The topological polar surface area (TPSA) is 91.2 Å². The van der Waals surface area contributed by atoms with E-state index >= 15 is 0 Å². The van der Waals surface area contributed by atoms with E-state index in [0.717, 1.165) is 23.4 Å². The van der Waals surface area contributed by atoms with Crippen LogP contribution in [0.15, 0.2) is 70.4 Å². The predicted octanol–water partition coefficient (Wildman–Crippen LogP) is 5.69. The minimum atomic E-state index is -0.479. The number of benzene rings is 2. The van der Waals surface area contributed by atoms with E-state index in [1.165, 1.54) is 17.3 Å². The number of aryl methyl sites for hydroxylation is 1. The molecule has 186 valence electrons. The van der Waals surface area contributed by atoms with Gasteiger partial charge in [-0.3, -0.25) is 9.59 Å². The number of amides is 1. The van der Waals surface area contributed by atoms with Gasteiger partial charge in [-0.05, 0) is 53.6 Å². The molecule has 0 fully saturated rings. The van der Waals surface area contributed by atoms with E-state index in [4.69, 9.17) is 4.74 Å². The maximum absolute atomic E-state index is 13.3. The fourth-order valence-corrected chi connectivity index (χ4v) is 5.64. The summed E-state index contributed by atoms with van der Waals surface area (Å²) in [7, 11) is 1.60. The molecule has 36 heavy (non-hydrogen) atoms. The standard InChI is InChI=1S/C29H31N3O3S/c1-5-18-6-10-20(11-7-18)31-25(34)17-36-28-22(16-30)26(19-8-12-21(35-4)13-9-19)27-23(32-28)14-29(2,3)15-24(27)33/h6-13,26,32H,5,14-15,17H2,1-4H3,(H,31,34)/t26-/m1/s1. The Labute approximate surface area is 216 Å². The molecule has 0 unspecified atom stereocenters. The van der Waals surface area contributed by atoms with E-state index in [9.17, 15) is 14.9 Å². The summed E-state index contributed by atoms with van der Waals surface area (Å²) in [6.45, 7) is 6.24. The molecule has 1 amide bonds. The Morgan fingerprint density at radius 3 is 2.47 bits per heavy atom. The normalized spacial score (nSPS) is 18.8. The minimum absolute atomic E-state index is 0.0552. The van der Waals surface area contributed by atoms with E-state index in [0.29, 0.717) is 34.8 Å². The van der Waals surface area contributed by atoms with Crippen molar-refractivity contribution in [1.82, 2.24) is 5.32 Å². The summed E-state index contributed by atoms with van der Waals surface area (Å²) in [6.07, 6.45) is 2.06. The second-order valence-electron chi connectivity index (χ2n) is 9.91. The van der Waals surface area contributed by atoms with Crippen molar-refractivity contribution in [1.29, 1.82) is 5.26 Å². The van der Waals surface area contributed by atoms with Crippen molar-refractivity contribution in [2.45, 2.75) is 46.0 Å². The molecule has 2 aliphatic rings. The zero-order valence-corrected chi connectivity index (χ0v) is 21.9. The summed E-state index contributed by atoms with van der Waals surface area (Å²) in [6, 6.07) is 17.6. The minimum Gasteiger partial charge on any atom is -0.497 e. The molecule has 1 aliphatic heterocycles. The van der Waals surface area contributed by atoms with Gasteiger partial charge in [-0.25, -0.2) is 0 Å². The quantitative estimate of drug-likeness (QED) is 0.506. The van der Waals surface area contributed by atoms with E-state index in [-0.39, 0.29) is 22.9 Å². The van der Waals surface area contributed by atoms with Crippen LogP contribution in [0.5, 0.6) is 5.75 Å². The number of carbonyl (C=O) groups is 2. The molecule has 0 spiro atoms. The first kappa shape index (κ1) is 25.6. The zero-order chi connectivity index (χ0) is 25.9. The average Bonchev–Trinajstić information content (AvgIpc) is 2.86. The van der Waals surface area contributed by atoms with Gasteiger partial charge < -0.3 is 15.4 Å². The van der Waals surface area contributed by atoms with E-state index in [2.05, 4.69) is 37.5 Å². The smallest absolute Gasteiger partial charge is 0.234 e. The van der Waals surface area contributed by atoms with E-state index in [1.807, 2.05) is 48.5 Å². The van der Waals surface area contributed by atoms with Crippen LogP contribution in [0, 0.1) is 16.7 Å². The first-order chi connectivity index (χ1) is 17.2. The SMILES string of the molecule is CCc1ccc(NC(=O)CSC2=C(C#N)[C@@H](c3ccc(OC)cc3)C3=C(CC(C)(C)CC3=O)N2)cc1. The third kappa shape index (κ3) is 5.50. The van der Waals surface area contributed by atoms with E-state index in [1.54, 1.807) is 7.11 Å². The largest absolute Gasteiger partial charge is 0.497 e. The monoisotopic (exact) mass is 501 g/mol. The number of nitrogens with one attached hydrogen (secondary N) is 2. The van der Waals surface area contributed by atoms with Gasteiger partial charge in [-0.2, -0.15) is 5.26 Å². The van der Waals surface area contributed by atoms with Crippen LogP contribution in [-0.2, 0) is 16.0 Å². The van der Waals surface area contributed by atoms with E-state index < -0.39 is 5.92 Å². The van der Waals surface area contributed by atoms with Gasteiger partial charge in [0.05, 0.1) is 35.5 Å². The number of dihydropyridines is 1. The molecule has 1 aliphatic carbocycles. The van der Waals surface area contributed by atoms with Crippen LogP contribution in [0.4, 0.5) is 5.69 Å². The number of ether oxygens (including phenoxy) is 1. The number of rotatable bonds is 7. The molecule has 0 saturated carbocycles. The number of hydrogen-bond donors (Lipinski definition) is 2. The molecule has 2 N–H and O–H groups in total. The molecule has 1 atom stereocenters. The van der Waals surface area contributed by atoms with Crippen molar-refractivity contribution in [2.75, 3.05) is 18.2 Å². The number of nitrogens with zero attached hydrogens (tertiary/aromatic N) is 1. The molecule has 0 saturated heterocycles. The van der Waals surface area contributed by atoms with Crippen LogP contribution in [-0.4, -0.2) is 24.6 Å². The summed E-state index contributed by atoms with van der Waals surface area (Å²) in [5, 5.41) is 17.1. The molecular formula is C29H31N3O3S. The summed E-state index contributed by atoms with van der Waals surface area (Å²) in [4.78, 5) is 26.0. The maximum Gasteiger partial charge on any atom is 0.234 e. The number of thioether (sulfide) groups is 1. The summed E-state index contributed by atoms with van der Waals surface area (Å²) in [5.74, 6) is 0.265.